The van der Waals surface area contributed by atoms with Gasteiger partial charge in [-0.1, -0.05) is 48.9 Å². The lowest BCUT2D eigenvalue weighted by atomic mass is 9.95. The number of carbonyl (C=O) groups is 1. The van der Waals surface area contributed by atoms with Crippen LogP contribution in [0.15, 0.2) is 53.4 Å². The van der Waals surface area contributed by atoms with Crippen molar-refractivity contribution in [1.82, 2.24) is 9.62 Å². The SMILES string of the molecule is CCCSCCCNC(=O)[C@H]1Cc2ccccc2CN1S(=O)(=O)c1ccc(C)cc1. The van der Waals surface area contributed by atoms with Gasteiger partial charge >= 0.3 is 0 Å². The predicted octanol–water partition coefficient (Wildman–Crippen LogP) is 3.76. The third-order valence-corrected chi connectivity index (χ3v) is 8.39. The van der Waals surface area contributed by atoms with E-state index in [2.05, 4.69) is 12.2 Å². The molecule has 0 spiro atoms. The number of sulfonamides is 1. The first-order chi connectivity index (χ1) is 14.4. The monoisotopic (exact) mass is 446 g/mol. The molecule has 0 fully saturated rings. The zero-order valence-corrected chi connectivity index (χ0v) is 19.3. The summed E-state index contributed by atoms with van der Waals surface area (Å²) in [7, 11) is -3.79. The smallest absolute Gasteiger partial charge is 0.244 e. The Morgan fingerprint density at radius 3 is 2.50 bits per heavy atom. The van der Waals surface area contributed by atoms with Gasteiger partial charge in [-0.05, 0) is 61.0 Å². The normalized spacial score (nSPS) is 16.8. The van der Waals surface area contributed by atoms with Crippen molar-refractivity contribution in [2.24, 2.45) is 0 Å². The van der Waals surface area contributed by atoms with Gasteiger partial charge in [-0.25, -0.2) is 8.42 Å². The first kappa shape index (κ1) is 22.8. The number of aryl methyl sites for hydroxylation is 1. The van der Waals surface area contributed by atoms with Gasteiger partial charge in [0.05, 0.1) is 4.90 Å². The van der Waals surface area contributed by atoms with E-state index in [-0.39, 0.29) is 17.3 Å². The van der Waals surface area contributed by atoms with Gasteiger partial charge in [0.1, 0.15) is 6.04 Å². The lowest BCUT2D eigenvalue weighted by Gasteiger charge is -2.35. The van der Waals surface area contributed by atoms with Crippen molar-refractivity contribution in [2.45, 2.75) is 50.6 Å². The molecule has 30 heavy (non-hydrogen) atoms. The lowest BCUT2D eigenvalue weighted by molar-refractivity contribution is -0.125. The van der Waals surface area contributed by atoms with Crippen LogP contribution in [0.2, 0.25) is 0 Å². The number of benzene rings is 2. The number of rotatable bonds is 9. The van der Waals surface area contributed by atoms with Crippen LogP contribution >= 0.6 is 11.8 Å². The zero-order valence-electron chi connectivity index (χ0n) is 17.6. The summed E-state index contributed by atoms with van der Waals surface area (Å²) in [6.07, 6.45) is 2.41. The Bertz CT molecular complexity index is 959. The summed E-state index contributed by atoms with van der Waals surface area (Å²) >= 11 is 1.88. The number of nitrogens with one attached hydrogen (secondary N) is 1. The van der Waals surface area contributed by atoms with E-state index in [9.17, 15) is 13.2 Å². The van der Waals surface area contributed by atoms with Crippen molar-refractivity contribution in [2.75, 3.05) is 18.1 Å². The van der Waals surface area contributed by atoms with Crippen LogP contribution in [0.4, 0.5) is 0 Å². The molecule has 7 heteroatoms. The summed E-state index contributed by atoms with van der Waals surface area (Å²) in [4.78, 5) is 13.2. The van der Waals surface area contributed by atoms with Gasteiger partial charge in [0.25, 0.3) is 0 Å². The highest BCUT2D eigenvalue weighted by molar-refractivity contribution is 7.99. The molecular weight excluding hydrogens is 416 g/mol. The van der Waals surface area contributed by atoms with Crippen LogP contribution in [0.3, 0.4) is 0 Å². The second kappa shape index (κ2) is 10.5. The van der Waals surface area contributed by atoms with Gasteiger partial charge < -0.3 is 5.32 Å². The minimum atomic E-state index is -3.79. The molecule has 0 radical (unpaired) electrons. The van der Waals surface area contributed by atoms with Crippen LogP contribution in [0.25, 0.3) is 0 Å². The molecule has 0 unspecified atom stereocenters. The summed E-state index contributed by atoms with van der Waals surface area (Å²) in [6.45, 7) is 4.84. The summed E-state index contributed by atoms with van der Waals surface area (Å²) in [6, 6.07) is 13.8. The summed E-state index contributed by atoms with van der Waals surface area (Å²) < 4.78 is 28.2. The number of amides is 1. The molecule has 0 saturated carbocycles. The molecule has 5 nitrogen and oxygen atoms in total. The minimum Gasteiger partial charge on any atom is -0.355 e. The van der Waals surface area contributed by atoms with Gasteiger partial charge in [-0.2, -0.15) is 16.1 Å². The lowest BCUT2D eigenvalue weighted by Crippen LogP contribution is -2.52. The van der Waals surface area contributed by atoms with E-state index in [1.165, 1.54) is 4.31 Å². The van der Waals surface area contributed by atoms with E-state index >= 15 is 0 Å². The average Bonchev–Trinajstić information content (AvgIpc) is 2.75. The summed E-state index contributed by atoms with van der Waals surface area (Å²) in [5.41, 5.74) is 2.98. The van der Waals surface area contributed by atoms with E-state index in [1.54, 1.807) is 24.3 Å². The van der Waals surface area contributed by atoms with Crippen molar-refractivity contribution < 1.29 is 13.2 Å². The van der Waals surface area contributed by atoms with E-state index < -0.39 is 16.1 Å². The standard InChI is InChI=1S/C23H30N2O3S2/c1-3-14-29-15-6-13-24-23(26)22-16-19-7-4-5-8-20(19)17-25(22)30(27,28)21-11-9-18(2)10-12-21/h4-5,7-12,22H,3,6,13-17H2,1-2H3,(H,24,26)/t22-/m1/s1. The fourth-order valence-electron chi connectivity index (χ4n) is 3.57. The Morgan fingerprint density at radius 1 is 1.10 bits per heavy atom. The van der Waals surface area contributed by atoms with E-state index in [1.807, 2.05) is 43.0 Å². The zero-order chi connectivity index (χ0) is 21.6. The Kier molecular flexibility index (Phi) is 7.97. The molecule has 1 amide bonds. The minimum absolute atomic E-state index is 0.205. The quantitative estimate of drug-likeness (QED) is 0.596. The Hall–Kier alpha value is -1.83. The molecule has 1 N–H and O–H groups in total. The molecule has 0 aliphatic carbocycles. The maximum absolute atomic E-state index is 13.4. The van der Waals surface area contributed by atoms with E-state index in [0.29, 0.717) is 13.0 Å². The first-order valence-electron chi connectivity index (χ1n) is 10.4. The number of thioether (sulfide) groups is 1. The van der Waals surface area contributed by atoms with Crippen LogP contribution in [0.1, 0.15) is 36.5 Å². The molecular formula is C23H30N2O3S2. The second-order valence-electron chi connectivity index (χ2n) is 7.61. The highest BCUT2D eigenvalue weighted by atomic mass is 32.2. The molecule has 3 rings (SSSR count). The van der Waals surface area contributed by atoms with Crippen LogP contribution in [-0.2, 0) is 27.8 Å². The fraction of sp³-hybridized carbons (Fsp3) is 0.435. The average molecular weight is 447 g/mol. The highest BCUT2D eigenvalue weighted by Crippen LogP contribution is 2.29. The Morgan fingerprint density at radius 2 is 1.80 bits per heavy atom. The molecule has 0 aromatic heterocycles. The number of hydrogen-bond acceptors (Lipinski definition) is 4. The Labute approximate surface area is 184 Å². The highest BCUT2D eigenvalue weighted by Gasteiger charge is 2.39. The van der Waals surface area contributed by atoms with Gasteiger partial charge in [0.2, 0.25) is 15.9 Å². The van der Waals surface area contributed by atoms with Crippen LogP contribution in [-0.4, -0.2) is 42.7 Å². The van der Waals surface area contributed by atoms with Gasteiger partial charge in [0.15, 0.2) is 0 Å². The van der Waals surface area contributed by atoms with Crippen molar-refractivity contribution >= 4 is 27.7 Å². The van der Waals surface area contributed by atoms with Gasteiger partial charge in [-0.3, -0.25) is 4.79 Å². The van der Waals surface area contributed by atoms with Crippen molar-refractivity contribution in [3.05, 3.63) is 65.2 Å². The molecule has 0 bridgehead atoms. The molecule has 2 aromatic carbocycles. The van der Waals surface area contributed by atoms with Crippen LogP contribution < -0.4 is 5.32 Å². The van der Waals surface area contributed by atoms with Crippen LogP contribution in [0, 0.1) is 6.92 Å². The summed E-state index contributed by atoms with van der Waals surface area (Å²) in [5.74, 6) is 1.89. The van der Waals surface area contributed by atoms with E-state index in [4.69, 9.17) is 0 Å². The summed E-state index contributed by atoms with van der Waals surface area (Å²) in [5, 5.41) is 2.96. The van der Waals surface area contributed by atoms with Gasteiger partial charge in [-0.15, -0.1) is 0 Å². The first-order valence-corrected chi connectivity index (χ1v) is 13.0. The third-order valence-electron chi connectivity index (χ3n) is 5.25. The fourth-order valence-corrected chi connectivity index (χ4v) is 5.98. The number of nitrogens with zero attached hydrogens (tertiary/aromatic N) is 1. The number of fused-ring (bicyclic) bond motifs is 1. The number of hydrogen-bond donors (Lipinski definition) is 1. The maximum Gasteiger partial charge on any atom is 0.244 e. The third kappa shape index (κ3) is 5.45. The van der Waals surface area contributed by atoms with E-state index in [0.717, 1.165) is 41.0 Å². The number of carbonyl (C=O) groups excluding carboxylic acids is 1. The molecule has 162 valence electrons. The molecule has 0 saturated heterocycles. The maximum atomic E-state index is 13.4. The molecule has 1 aliphatic rings. The molecule has 1 atom stereocenters. The predicted molar refractivity (Wildman–Crippen MR) is 123 cm³/mol. The van der Waals surface area contributed by atoms with Gasteiger partial charge in [0, 0.05) is 13.1 Å². The largest absolute Gasteiger partial charge is 0.355 e. The Balaban J connectivity index is 1.79. The molecule has 1 aliphatic heterocycles. The van der Waals surface area contributed by atoms with Crippen molar-refractivity contribution in [1.29, 1.82) is 0 Å². The molecule has 2 aromatic rings. The van der Waals surface area contributed by atoms with Crippen molar-refractivity contribution in [3.8, 4) is 0 Å². The topological polar surface area (TPSA) is 66.5 Å². The molecule has 1 heterocycles. The van der Waals surface area contributed by atoms with Crippen molar-refractivity contribution in [3.63, 3.8) is 0 Å². The second-order valence-corrected chi connectivity index (χ2v) is 10.7. The van der Waals surface area contributed by atoms with Crippen LogP contribution in [0.5, 0.6) is 0 Å².